The maximum atomic E-state index is 11.3. The number of benzene rings is 1. The summed E-state index contributed by atoms with van der Waals surface area (Å²) in [6.07, 6.45) is 0. The molecule has 9 heteroatoms. The topological polar surface area (TPSA) is 110 Å². The molecule has 0 saturated carbocycles. The fourth-order valence-corrected chi connectivity index (χ4v) is 3.01. The third kappa shape index (κ3) is 4.72. The van der Waals surface area contributed by atoms with Gasteiger partial charge in [-0.3, -0.25) is 10.1 Å². The summed E-state index contributed by atoms with van der Waals surface area (Å²) in [6, 6.07) is 6.97. The fraction of sp³-hybridized carbons (Fsp3) is 0.167. The van der Waals surface area contributed by atoms with Gasteiger partial charge in [0.2, 0.25) is 11.0 Å². The number of thioether (sulfide) groups is 1. The Morgan fingerprint density at radius 2 is 2.10 bits per heavy atom. The van der Waals surface area contributed by atoms with Crippen LogP contribution in [0.25, 0.3) is 0 Å². The summed E-state index contributed by atoms with van der Waals surface area (Å²) in [4.78, 5) is 21.8. The molecule has 0 aliphatic heterocycles. The summed E-state index contributed by atoms with van der Waals surface area (Å²) in [5.41, 5.74) is 6.91. The molecule has 0 bridgehead atoms. The average Bonchev–Trinajstić information content (AvgIpc) is 2.86. The Balaban J connectivity index is 1.91. The SMILES string of the molecule is Cc1ccccc1Nc1nnc(SCC(=O)NC(N)=O)s1. The number of hydrogen-bond donors (Lipinski definition) is 3. The van der Waals surface area contributed by atoms with Crippen LogP contribution in [0.5, 0.6) is 0 Å². The molecule has 3 amide bonds. The predicted molar refractivity (Wildman–Crippen MR) is 82.8 cm³/mol. The smallest absolute Gasteiger partial charge is 0.318 e. The van der Waals surface area contributed by atoms with Crippen LogP contribution in [0.1, 0.15) is 5.56 Å². The largest absolute Gasteiger partial charge is 0.351 e. The van der Waals surface area contributed by atoms with Gasteiger partial charge in [0.15, 0.2) is 4.34 Å². The second-order valence-electron chi connectivity index (χ2n) is 4.01. The van der Waals surface area contributed by atoms with Crippen molar-refractivity contribution in [2.24, 2.45) is 5.73 Å². The van der Waals surface area contributed by atoms with Crippen LogP contribution in [0.2, 0.25) is 0 Å². The molecule has 0 fully saturated rings. The molecule has 0 aliphatic carbocycles. The highest BCUT2D eigenvalue weighted by molar-refractivity contribution is 8.01. The maximum Gasteiger partial charge on any atom is 0.318 e. The Morgan fingerprint density at radius 3 is 2.81 bits per heavy atom. The van der Waals surface area contributed by atoms with Gasteiger partial charge in [-0.1, -0.05) is 41.3 Å². The lowest BCUT2D eigenvalue weighted by Crippen LogP contribution is -2.36. The number of nitrogens with zero attached hydrogens (tertiary/aromatic N) is 2. The second-order valence-corrected chi connectivity index (χ2v) is 6.21. The van der Waals surface area contributed by atoms with Gasteiger partial charge in [0.05, 0.1) is 5.75 Å². The minimum Gasteiger partial charge on any atom is -0.351 e. The zero-order valence-corrected chi connectivity index (χ0v) is 12.8. The Labute approximate surface area is 129 Å². The van der Waals surface area contributed by atoms with E-state index in [2.05, 4.69) is 15.5 Å². The molecule has 1 heterocycles. The van der Waals surface area contributed by atoms with Crippen molar-refractivity contribution in [2.45, 2.75) is 11.3 Å². The molecule has 0 radical (unpaired) electrons. The number of primary amides is 1. The number of amides is 3. The number of nitrogens with two attached hydrogens (primary N) is 1. The predicted octanol–water partition coefficient (Wildman–Crippen LogP) is 1.88. The minimum absolute atomic E-state index is 0.0575. The summed E-state index contributed by atoms with van der Waals surface area (Å²) < 4.78 is 0.630. The highest BCUT2D eigenvalue weighted by atomic mass is 32.2. The molecule has 1 aromatic heterocycles. The van der Waals surface area contributed by atoms with Gasteiger partial charge in [0, 0.05) is 5.69 Å². The molecule has 0 spiro atoms. The molecule has 2 rings (SSSR count). The van der Waals surface area contributed by atoms with Crippen molar-refractivity contribution < 1.29 is 9.59 Å². The molecule has 0 saturated heterocycles. The van der Waals surface area contributed by atoms with Crippen LogP contribution in [0.3, 0.4) is 0 Å². The van der Waals surface area contributed by atoms with Gasteiger partial charge in [0.25, 0.3) is 0 Å². The van der Waals surface area contributed by atoms with E-state index >= 15 is 0 Å². The molecule has 7 nitrogen and oxygen atoms in total. The molecule has 21 heavy (non-hydrogen) atoms. The van der Waals surface area contributed by atoms with E-state index in [0.29, 0.717) is 9.47 Å². The minimum atomic E-state index is -0.861. The number of carbonyl (C=O) groups is 2. The molecule has 0 unspecified atom stereocenters. The summed E-state index contributed by atoms with van der Waals surface area (Å²) in [6.45, 7) is 1.99. The first kappa shape index (κ1) is 15.3. The Morgan fingerprint density at radius 1 is 1.33 bits per heavy atom. The number of anilines is 2. The standard InChI is InChI=1S/C12H13N5O2S2/c1-7-4-2-3-5-8(7)14-11-16-17-12(21-11)20-6-9(18)15-10(13)19/h2-5H,6H2,1H3,(H,14,16)(H3,13,15,18,19). The van der Waals surface area contributed by atoms with E-state index in [0.717, 1.165) is 11.3 Å². The number of nitrogens with one attached hydrogen (secondary N) is 2. The lowest BCUT2D eigenvalue weighted by Gasteiger charge is -2.04. The lowest BCUT2D eigenvalue weighted by atomic mass is 10.2. The number of rotatable bonds is 5. The van der Waals surface area contributed by atoms with Crippen LogP contribution in [0.4, 0.5) is 15.6 Å². The van der Waals surface area contributed by atoms with Crippen LogP contribution in [0.15, 0.2) is 28.6 Å². The summed E-state index contributed by atoms with van der Waals surface area (Å²) in [5, 5.41) is 13.8. The van der Waals surface area contributed by atoms with Gasteiger partial charge >= 0.3 is 6.03 Å². The lowest BCUT2D eigenvalue weighted by molar-refractivity contribution is -0.117. The van der Waals surface area contributed by atoms with Crippen LogP contribution in [-0.4, -0.2) is 27.9 Å². The fourth-order valence-electron chi connectivity index (χ4n) is 1.45. The molecular weight excluding hydrogens is 310 g/mol. The quantitative estimate of drug-likeness (QED) is 0.725. The van der Waals surface area contributed by atoms with Crippen molar-refractivity contribution in [1.82, 2.24) is 15.5 Å². The van der Waals surface area contributed by atoms with Gasteiger partial charge in [-0.15, -0.1) is 10.2 Å². The zero-order chi connectivity index (χ0) is 15.2. The number of urea groups is 1. The van der Waals surface area contributed by atoms with Gasteiger partial charge in [-0.25, -0.2) is 4.79 Å². The van der Waals surface area contributed by atoms with E-state index in [1.54, 1.807) is 0 Å². The van der Waals surface area contributed by atoms with Crippen LogP contribution >= 0.6 is 23.1 Å². The molecule has 2 aromatic rings. The van der Waals surface area contributed by atoms with Crippen molar-refractivity contribution in [3.8, 4) is 0 Å². The van der Waals surface area contributed by atoms with E-state index < -0.39 is 11.9 Å². The van der Waals surface area contributed by atoms with Crippen LogP contribution in [-0.2, 0) is 4.79 Å². The summed E-state index contributed by atoms with van der Waals surface area (Å²) in [5.74, 6) is -0.404. The molecule has 110 valence electrons. The first-order chi connectivity index (χ1) is 10.0. The average molecular weight is 323 g/mol. The van der Waals surface area contributed by atoms with Crippen molar-refractivity contribution in [3.05, 3.63) is 29.8 Å². The van der Waals surface area contributed by atoms with E-state index in [1.165, 1.54) is 23.1 Å². The van der Waals surface area contributed by atoms with Crippen LogP contribution < -0.4 is 16.4 Å². The molecule has 1 aromatic carbocycles. The van der Waals surface area contributed by atoms with Gasteiger partial charge in [0.1, 0.15) is 0 Å². The molecule has 0 atom stereocenters. The molecule has 4 N–H and O–H groups in total. The van der Waals surface area contributed by atoms with Gasteiger partial charge in [-0.05, 0) is 18.6 Å². The Kier molecular flexibility index (Phi) is 5.12. The zero-order valence-electron chi connectivity index (χ0n) is 11.1. The number of hydrogen-bond acceptors (Lipinski definition) is 7. The highest BCUT2D eigenvalue weighted by Gasteiger charge is 2.10. The number of para-hydroxylation sites is 1. The van der Waals surface area contributed by atoms with E-state index in [4.69, 9.17) is 5.73 Å². The number of imide groups is 1. The van der Waals surface area contributed by atoms with Crippen molar-refractivity contribution in [2.75, 3.05) is 11.1 Å². The Hall–Kier alpha value is -2.13. The number of aryl methyl sites for hydroxylation is 1. The van der Waals surface area contributed by atoms with Crippen molar-refractivity contribution in [1.29, 1.82) is 0 Å². The van der Waals surface area contributed by atoms with E-state index in [1.807, 2.05) is 36.5 Å². The monoisotopic (exact) mass is 323 g/mol. The number of carbonyl (C=O) groups excluding carboxylic acids is 2. The van der Waals surface area contributed by atoms with E-state index in [-0.39, 0.29) is 5.75 Å². The first-order valence-corrected chi connectivity index (χ1v) is 7.73. The van der Waals surface area contributed by atoms with Crippen molar-refractivity contribution >= 4 is 45.9 Å². The third-order valence-electron chi connectivity index (χ3n) is 2.38. The van der Waals surface area contributed by atoms with Gasteiger partial charge in [-0.2, -0.15) is 0 Å². The normalized spacial score (nSPS) is 10.1. The van der Waals surface area contributed by atoms with E-state index in [9.17, 15) is 9.59 Å². The molecule has 0 aliphatic rings. The first-order valence-electron chi connectivity index (χ1n) is 5.93. The van der Waals surface area contributed by atoms with Crippen molar-refractivity contribution in [3.63, 3.8) is 0 Å². The maximum absolute atomic E-state index is 11.3. The molecular formula is C12H13N5O2S2. The summed E-state index contributed by atoms with van der Waals surface area (Å²) in [7, 11) is 0. The van der Waals surface area contributed by atoms with Crippen LogP contribution in [0, 0.1) is 6.92 Å². The van der Waals surface area contributed by atoms with Gasteiger partial charge < -0.3 is 11.1 Å². The highest BCUT2D eigenvalue weighted by Crippen LogP contribution is 2.28. The number of aromatic nitrogens is 2. The summed E-state index contributed by atoms with van der Waals surface area (Å²) >= 11 is 2.52. The third-order valence-corrected chi connectivity index (χ3v) is 4.35. The Bertz CT molecular complexity index is 659. The second kappa shape index (κ2) is 7.04.